The smallest absolute Gasteiger partial charge is 0.307 e. The molecule has 4 heteroatoms. The lowest BCUT2D eigenvalue weighted by Gasteiger charge is -2.22. The molecular formula is C16H23NO3. The summed E-state index contributed by atoms with van der Waals surface area (Å²) in [5, 5.41) is 0. The summed E-state index contributed by atoms with van der Waals surface area (Å²) in [5.41, 5.74) is 2.26. The van der Waals surface area contributed by atoms with E-state index in [0.717, 1.165) is 5.56 Å². The number of esters is 1. The zero-order valence-corrected chi connectivity index (χ0v) is 12.5. The average Bonchev–Trinajstić information content (AvgIpc) is 2.45. The SMILES string of the molecule is CCOC(=O)CCN(Cc1ccc(C)cc1)C(=O)CC. The Bertz CT molecular complexity index is 440. The first-order valence-electron chi connectivity index (χ1n) is 7.05. The summed E-state index contributed by atoms with van der Waals surface area (Å²) in [7, 11) is 0. The second kappa shape index (κ2) is 8.35. The summed E-state index contributed by atoms with van der Waals surface area (Å²) in [5.74, 6) is -0.208. The van der Waals surface area contributed by atoms with E-state index in [1.807, 2.05) is 38.1 Å². The van der Waals surface area contributed by atoms with E-state index < -0.39 is 0 Å². The van der Waals surface area contributed by atoms with Crippen LogP contribution in [-0.4, -0.2) is 29.9 Å². The number of ether oxygens (including phenoxy) is 1. The minimum absolute atomic E-state index is 0.0508. The van der Waals surface area contributed by atoms with E-state index in [2.05, 4.69) is 0 Å². The van der Waals surface area contributed by atoms with Crippen molar-refractivity contribution in [3.8, 4) is 0 Å². The largest absolute Gasteiger partial charge is 0.466 e. The standard InChI is InChI=1S/C16H23NO3/c1-4-15(18)17(11-10-16(19)20-5-2)12-14-8-6-13(3)7-9-14/h6-9H,4-5,10-12H2,1-3H3. The van der Waals surface area contributed by atoms with Gasteiger partial charge in [-0.25, -0.2) is 0 Å². The summed E-state index contributed by atoms with van der Waals surface area (Å²) in [4.78, 5) is 25.0. The molecule has 0 saturated heterocycles. The lowest BCUT2D eigenvalue weighted by Crippen LogP contribution is -2.32. The first kappa shape index (κ1) is 16.2. The van der Waals surface area contributed by atoms with Gasteiger partial charge in [-0.2, -0.15) is 0 Å². The normalized spacial score (nSPS) is 10.2. The van der Waals surface area contributed by atoms with Gasteiger partial charge in [-0.1, -0.05) is 36.8 Å². The van der Waals surface area contributed by atoms with Crippen molar-refractivity contribution >= 4 is 11.9 Å². The van der Waals surface area contributed by atoms with Crippen molar-refractivity contribution in [1.82, 2.24) is 4.90 Å². The van der Waals surface area contributed by atoms with Crippen molar-refractivity contribution in [2.24, 2.45) is 0 Å². The number of amides is 1. The van der Waals surface area contributed by atoms with E-state index in [1.165, 1.54) is 5.56 Å². The number of carbonyl (C=O) groups is 2. The van der Waals surface area contributed by atoms with Crippen LogP contribution in [0.4, 0.5) is 0 Å². The molecule has 20 heavy (non-hydrogen) atoms. The lowest BCUT2D eigenvalue weighted by atomic mass is 10.1. The Morgan fingerprint density at radius 3 is 2.35 bits per heavy atom. The molecule has 0 aliphatic carbocycles. The molecule has 0 radical (unpaired) electrons. The number of benzene rings is 1. The minimum atomic E-state index is -0.259. The molecule has 0 fully saturated rings. The fraction of sp³-hybridized carbons (Fsp3) is 0.500. The minimum Gasteiger partial charge on any atom is -0.466 e. The molecule has 1 aromatic carbocycles. The van der Waals surface area contributed by atoms with Crippen LogP contribution in [0.1, 0.15) is 37.8 Å². The predicted molar refractivity (Wildman–Crippen MR) is 78.1 cm³/mol. The molecule has 0 aliphatic heterocycles. The quantitative estimate of drug-likeness (QED) is 0.720. The van der Waals surface area contributed by atoms with Crippen molar-refractivity contribution in [2.75, 3.05) is 13.2 Å². The molecule has 0 aliphatic rings. The number of hydrogen-bond donors (Lipinski definition) is 0. The molecule has 1 aromatic rings. The van der Waals surface area contributed by atoms with E-state index in [0.29, 0.717) is 26.1 Å². The van der Waals surface area contributed by atoms with Crippen LogP contribution < -0.4 is 0 Å². The summed E-state index contributed by atoms with van der Waals surface area (Å²) < 4.78 is 4.89. The van der Waals surface area contributed by atoms with Crippen molar-refractivity contribution in [3.05, 3.63) is 35.4 Å². The number of aryl methyl sites for hydroxylation is 1. The zero-order chi connectivity index (χ0) is 15.0. The molecule has 1 rings (SSSR count). The first-order valence-corrected chi connectivity index (χ1v) is 7.05. The second-order valence-corrected chi connectivity index (χ2v) is 4.71. The van der Waals surface area contributed by atoms with Gasteiger partial charge >= 0.3 is 5.97 Å². The Morgan fingerprint density at radius 1 is 1.15 bits per heavy atom. The molecule has 4 nitrogen and oxygen atoms in total. The predicted octanol–water partition coefficient (Wildman–Crippen LogP) is 2.69. The van der Waals surface area contributed by atoms with Crippen molar-refractivity contribution in [1.29, 1.82) is 0 Å². The second-order valence-electron chi connectivity index (χ2n) is 4.71. The molecule has 0 aromatic heterocycles. The molecule has 110 valence electrons. The number of hydrogen-bond acceptors (Lipinski definition) is 3. The van der Waals surface area contributed by atoms with Crippen LogP contribution in [0.2, 0.25) is 0 Å². The maximum absolute atomic E-state index is 11.9. The van der Waals surface area contributed by atoms with Crippen LogP contribution in [-0.2, 0) is 20.9 Å². The van der Waals surface area contributed by atoms with Gasteiger partial charge in [0.15, 0.2) is 0 Å². The highest BCUT2D eigenvalue weighted by molar-refractivity contribution is 5.77. The molecule has 1 amide bonds. The van der Waals surface area contributed by atoms with Crippen molar-refractivity contribution in [3.63, 3.8) is 0 Å². The summed E-state index contributed by atoms with van der Waals surface area (Å²) in [6, 6.07) is 8.07. The van der Waals surface area contributed by atoms with Gasteiger partial charge in [0.05, 0.1) is 13.0 Å². The van der Waals surface area contributed by atoms with Crippen molar-refractivity contribution in [2.45, 2.75) is 40.2 Å². The third-order valence-electron chi connectivity index (χ3n) is 3.04. The van der Waals surface area contributed by atoms with Crippen LogP contribution in [0.25, 0.3) is 0 Å². The van der Waals surface area contributed by atoms with Gasteiger partial charge in [0.25, 0.3) is 0 Å². The van der Waals surface area contributed by atoms with Crippen molar-refractivity contribution < 1.29 is 14.3 Å². The van der Waals surface area contributed by atoms with Crippen LogP contribution in [0, 0.1) is 6.92 Å². The Hall–Kier alpha value is -1.84. The highest BCUT2D eigenvalue weighted by Crippen LogP contribution is 2.09. The number of carbonyl (C=O) groups excluding carboxylic acids is 2. The third kappa shape index (κ3) is 5.43. The van der Waals surface area contributed by atoms with Gasteiger partial charge in [0.1, 0.15) is 0 Å². The molecule has 0 saturated carbocycles. The van der Waals surface area contributed by atoms with Crippen LogP contribution in [0.15, 0.2) is 24.3 Å². The molecule has 0 heterocycles. The summed E-state index contributed by atoms with van der Waals surface area (Å²) in [6.07, 6.45) is 0.681. The Morgan fingerprint density at radius 2 is 1.80 bits per heavy atom. The number of rotatable bonds is 7. The van der Waals surface area contributed by atoms with Gasteiger partial charge in [-0.3, -0.25) is 9.59 Å². The highest BCUT2D eigenvalue weighted by Gasteiger charge is 2.14. The molecular weight excluding hydrogens is 254 g/mol. The molecule has 0 atom stereocenters. The van der Waals surface area contributed by atoms with Crippen LogP contribution in [0.3, 0.4) is 0 Å². The van der Waals surface area contributed by atoms with E-state index in [9.17, 15) is 9.59 Å². The molecule has 0 unspecified atom stereocenters. The van der Waals surface area contributed by atoms with Gasteiger partial charge in [-0.05, 0) is 19.4 Å². The monoisotopic (exact) mass is 277 g/mol. The Kier molecular flexibility index (Phi) is 6.77. The molecule has 0 N–H and O–H groups in total. The maximum atomic E-state index is 11.9. The number of nitrogens with zero attached hydrogens (tertiary/aromatic N) is 1. The Labute approximate surface area is 120 Å². The van der Waals surface area contributed by atoms with Crippen LogP contribution >= 0.6 is 0 Å². The van der Waals surface area contributed by atoms with E-state index in [1.54, 1.807) is 11.8 Å². The van der Waals surface area contributed by atoms with Crippen LogP contribution in [0.5, 0.6) is 0 Å². The fourth-order valence-electron chi connectivity index (χ4n) is 1.89. The molecule has 0 spiro atoms. The lowest BCUT2D eigenvalue weighted by molar-refractivity contribution is -0.144. The molecule has 0 bridgehead atoms. The van der Waals surface area contributed by atoms with Gasteiger partial charge in [-0.15, -0.1) is 0 Å². The fourth-order valence-corrected chi connectivity index (χ4v) is 1.89. The van der Waals surface area contributed by atoms with Gasteiger partial charge in [0.2, 0.25) is 5.91 Å². The summed E-state index contributed by atoms with van der Waals surface area (Å²) >= 11 is 0. The van der Waals surface area contributed by atoms with Gasteiger partial charge < -0.3 is 9.64 Å². The third-order valence-corrected chi connectivity index (χ3v) is 3.04. The van der Waals surface area contributed by atoms with E-state index >= 15 is 0 Å². The topological polar surface area (TPSA) is 46.6 Å². The van der Waals surface area contributed by atoms with E-state index in [4.69, 9.17) is 4.74 Å². The van der Waals surface area contributed by atoms with E-state index in [-0.39, 0.29) is 18.3 Å². The average molecular weight is 277 g/mol. The van der Waals surface area contributed by atoms with Gasteiger partial charge in [0, 0.05) is 19.5 Å². The Balaban J connectivity index is 2.62. The zero-order valence-electron chi connectivity index (χ0n) is 12.5. The highest BCUT2D eigenvalue weighted by atomic mass is 16.5. The first-order chi connectivity index (χ1) is 9.56. The maximum Gasteiger partial charge on any atom is 0.307 e. The summed E-state index contributed by atoms with van der Waals surface area (Å²) in [6.45, 7) is 6.94.